The Hall–Kier alpha value is -2.42. The second-order valence-electron chi connectivity index (χ2n) is 5.61. The summed E-state index contributed by atoms with van der Waals surface area (Å²) in [4.78, 5) is 8.58. The van der Waals surface area contributed by atoms with Crippen molar-refractivity contribution < 1.29 is 0 Å². The summed E-state index contributed by atoms with van der Waals surface area (Å²) >= 11 is 12.3. The Morgan fingerprint density at radius 2 is 2.08 bits per heavy atom. The van der Waals surface area contributed by atoms with Crippen molar-refractivity contribution in [2.45, 2.75) is 26.3 Å². The van der Waals surface area contributed by atoms with Gasteiger partial charge in [0.15, 0.2) is 0 Å². The number of benzene rings is 1. The summed E-state index contributed by atoms with van der Waals surface area (Å²) < 4.78 is 1.75. The smallest absolute Gasteiger partial charge is 0.137 e. The molecule has 5 nitrogen and oxygen atoms in total. The molecule has 0 spiro atoms. The first kappa shape index (κ1) is 17.4. The number of nitrogens with zero attached hydrogens (tertiary/aromatic N) is 5. The van der Waals surface area contributed by atoms with Crippen molar-refractivity contribution in [3.8, 4) is 17.3 Å². The molecular formula is C18H15Cl2N5. The molecule has 3 aromatic rings. The van der Waals surface area contributed by atoms with Crippen LogP contribution >= 0.6 is 23.2 Å². The van der Waals surface area contributed by atoms with Crippen molar-refractivity contribution in [3.63, 3.8) is 0 Å². The molecule has 2 heterocycles. The van der Waals surface area contributed by atoms with Crippen LogP contribution in [0.2, 0.25) is 10.0 Å². The molecule has 126 valence electrons. The van der Waals surface area contributed by atoms with Gasteiger partial charge in [-0.05, 0) is 43.2 Å². The van der Waals surface area contributed by atoms with Gasteiger partial charge in [0.05, 0.1) is 22.3 Å². The molecule has 1 atom stereocenters. The maximum Gasteiger partial charge on any atom is 0.137 e. The number of aryl methyl sites for hydroxylation is 1. The van der Waals surface area contributed by atoms with Crippen LogP contribution in [0.3, 0.4) is 0 Å². The predicted octanol–water partition coefficient (Wildman–Crippen LogP) is 4.83. The Morgan fingerprint density at radius 1 is 1.28 bits per heavy atom. The van der Waals surface area contributed by atoms with Crippen LogP contribution in [0.25, 0.3) is 11.3 Å². The van der Waals surface area contributed by atoms with Gasteiger partial charge in [-0.1, -0.05) is 30.1 Å². The van der Waals surface area contributed by atoms with E-state index in [9.17, 15) is 5.26 Å². The summed E-state index contributed by atoms with van der Waals surface area (Å²) in [6.45, 7) is 3.93. The molecule has 0 N–H and O–H groups in total. The highest BCUT2D eigenvalue weighted by Gasteiger charge is 2.22. The van der Waals surface area contributed by atoms with Gasteiger partial charge in [-0.25, -0.2) is 9.67 Å². The average molecular weight is 372 g/mol. The second kappa shape index (κ2) is 7.22. The number of aromatic nitrogens is 4. The van der Waals surface area contributed by atoms with Crippen molar-refractivity contribution in [1.82, 2.24) is 19.7 Å². The van der Waals surface area contributed by atoms with Crippen LogP contribution in [0.5, 0.6) is 0 Å². The second-order valence-corrected chi connectivity index (χ2v) is 6.46. The molecule has 0 radical (unpaired) electrons. The van der Waals surface area contributed by atoms with Crippen molar-refractivity contribution >= 4 is 23.2 Å². The molecule has 0 saturated carbocycles. The molecule has 0 aliphatic rings. The number of nitriles is 1. The van der Waals surface area contributed by atoms with E-state index in [1.807, 2.05) is 19.9 Å². The minimum atomic E-state index is -0.108. The first-order valence-electron chi connectivity index (χ1n) is 7.76. The van der Waals surface area contributed by atoms with Crippen LogP contribution in [0.1, 0.15) is 36.2 Å². The Labute approximate surface area is 155 Å². The van der Waals surface area contributed by atoms with E-state index < -0.39 is 0 Å². The van der Waals surface area contributed by atoms with Gasteiger partial charge in [-0.3, -0.25) is 4.98 Å². The largest absolute Gasteiger partial charge is 0.252 e. The normalized spacial score (nSPS) is 12.0. The molecule has 0 amide bonds. The highest BCUT2D eigenvalue weighted by atomic mass is 35.5. The zero-order valence-corrected chi connectivity index (χ0v) is 15.3. The molecular weight excluding hydrogens is 357 g/mol. The van der Waals surface area contributed by atoms with Crippen molar-refractivity contribution in [2.24, 2.45) is 0 Å². The molecule has 3 rings (SSSR count). The van der Waals surface area contributed by atoms with Crippen molar-refractivity contribution in [2.75, 3.05) is 0 Å². The van der Waals surface area contributed by atoms with Gasteiger partial charge in [0.2, 0.25) is 0 Å². The lowest BCUT2D eigenvalue weighted by atomic mass is 9.95. The van der Waals surface area contributed by atoms with E-state index in [0.717, 1.165) is 17.7 Å². The lowest BCUT2D eigenvalue weighted by Crippen LogP contribution is -2.13. The fraction of sp³-hybridized carbons (Fsp3) is 0.222. The zero-order valence-electron chi connectivity index (χ0n) is 13.7. The summed E-state index contributed by atoms with van der Waals surface area (Å²) in [7, 11) is 0. The van der Waals surface area contributed by atoms with Crippen LogP contribution in [-0.4, -0.2) is 19.7 Å². The number of halogens is 2. The predicted molar refractivity (Wildman–Crippen MR) is 97.6 cm³/mol. The first-order chi connectivity index (χ1) is 12.0. The van der Waals surface area contributed by atoms with E-state index in [2.05, 4.69) is 21.1 Å². The SMILES string of the molecule is CCC(c1cc(C)nc(-c2ccc(Cl)cc2Cl)c1C#N)n1cncn1. The van der Waals surface area contributed by atoms with Crippen molar-refractivity contribution in [1.29, 1.82) is 5.26 Å². The molecule has 1 aromatic carbocycles. The maximum absolute atomic E-state index is 9.83. The van der Waals surface area contributed by atoms with Crippen LogP contribution in [0.15, 0.2) is 36.9 Å². The lowest BCUT2D eigenvalue weighted by molar-refractivity contribution is 0.506. The Bertz CT molecular complexity index is 945. The van der Waals surface area contributed by atoms with E-state index in [-0.39, 0.29) is 6.04 Å². The van der Waals surface area contributed by atoms with Gasteiger partial charge >= 0.3 is 0 Å². The van der Waals surface area contributed by atoms with Crippen LogP contribution < -0.4 is 0 Å². The van der Waals surface area contributed by atoms with Crippen LogP contribution in [-0.2, 0) is 0 Å². The van der Waals surface area contributed by atoms with E-state index in [1.54, 1.807) is 29.2 Å². The average Bonchev–Trinajstić information content (AvgIpc) is 3.09. The Kier molecular flexibility index (Phi) is 5.03. The van der Waals surface area contributed by atoms with Gasteiger partial charge in [-0.15, -0.1) is 0 Å². The Balaban J connectivity index is 2.25. The summed E-state index contributed by atoms with van der Waals surface area (Å²) in [5.41, 5.74) is 3.37. The molecule has 0 aliphatic heterocycles. The van der Waals surface area contributed by atoms with Gasteiger partial charge in [0.1, 0.15) is 18.7 Å². The molecule has 0 aliphatic carbocycles. The fourth-order valence-electron chi connectivity index (χ4n) is 2.88. The van der Waals surface area contributed by atoms with Gasteiger partial charge in [-0.2, -0.15) is 10.4 Å². The van der Waals surface area contributed by atoms with Gasteiger partial charge in [0, 0.05) is 16.3 Å². The number of hydrogen-bond acceptors (Lipinski definition) is 4. The molecule has 0 fully saturated rings. The minimum Gasteiger partial charge on any atom is -0.252 e. The molecule has 25 heavy (non-hydrogen) atoms. The number of pyridine rings is 1. The standard InChI is InChI=1S/C18H15Cl2N5/c1-3-17(25-10-22-9-23-25)14-6-11(2)24-18(15(14)8-21)13-5-4-12(19)7-16(13)20/h4-7,9-10,17H,3H2,1-2H3. The van der Waals surface area contributed by atoms with Gasteiger partial charge in [0.25, 0.3) is 0 Å². The molecule has 0 saturated heterocycles. The van der Waals surface area contributed by atoms with E-state index in [1.165, 1.54) is 6.33 Å². The third-order valence-electron chi connectivity index (χ3n) is 3.98. The van der Waals surface area contributed by atoms with Gasteiger partial charge < -0.3 is 0 Å². The molecule has 0 bridgehead atoms. The maximum atomic E-state index is 9.83. The monoisotopic (exact) mass is 371 g/mol. The van der Waals surface area contributed by atoms with E-state index >= 15 is 0 Å². The number of hydrogen-bond donors (Lipinski definition) is 0. The highest BCUT2D eigenvalue weighted by Crippen LogP contribution is 2.35. The quantitative estimate of drug-likeness (QED) is 0.658. The minimum absolute atomic E-state index is 0.108. The Morgan fingerprint density at radius 3 is 2.68 bits per heavy atom. The van der Waals surface area contributed by atoms with Crippen LogP contribution in [0, 0.1) is 18.3 Å². The summed E-state index contributed by atoms with van der Waals surface area (Å²) in [5, 5.41) is 15.1. The highest BCUT2D eigenvalue weighted by molar-refractivity contribution is 6.36. The summed E-state index contributed by atoms with van der Waals surface area (Å²) in [6.07, 6.45) is 3.90. The first-order valence-corrected chi connectivity index (χ1v) is 8.52. The molecule has 2 aromatic heterocycles. The zero-order chi connectivity index (χ0) is 18.0. The topological polar surface area (TPSA) is 67.4 Å². The number of rotatable bonds is 4. The van der Waals surface area contributed by atoms with E-state index in [0.29, 0.717) is 26.9 Å². The molecule has 7 heteroatoms. The van der Waals surface area contributed by atoms with Crippen LogP contribution in [0.4, 0.5) is 0 Å². The van der Waals surface area contributed by atoms with Crippen molar-refractivity contribution in [3.05, 3.63) is 63.8 Å². The molecule has 1 unspecified atom stereocenters. The third-order valence-corrected chi connectivity index (χ3v) is 4.53. The summed E-state index contributed by atoms with van der Waals surface area (Å²) in [5.74, 6) is 0. The fourth-order valence-corrected chi connectivity index (χ4v) is 3.38. The lowest BCUT2D eigenvalue weighted by Gasteiger charge is -2.19. The third kappa shape index (κ3) is 3.37. The summed E-state index contributed by atoms with van der Waals surface area (Å²) in [6, 6.07) is 9.28. The van der Waals surface area contributed by atoms with E-state index in [4.69, 9.17) is 23.2 Å².